The van der Waals surface area contributed by atoms with Crippen LogP contribution < -0.4 is 0 Å². The van der Waals surface area contributed by atoms with Gasteiger partial charge in [-0.1, -0.05) is 13.8 Å². The monoisotopic (exact) mass is 334 g/mol. The molecule has 0 bridgehead atoms. The first-order chi connectivity index (χ1) is 11.6. The Balaban J connectivity index is 1.70. The van der Waals surface area contributed by atoms with E-state index in [2.05, 4.69) is 33.2 Å². The van der Waals surface area contributed by atoms with Gasteiger partial charge in [-0.05, 0) is 25.8 Å². The number of imidazole rings is 1. The van der Waals surface area contributed by atoms with Gasteiger partial charge in [0.05, 0.1) is 12.1 Å². The Labute approximate surface area is 144 Å². The van der Waals surface area contributed by atoms with E-state index in [1.807, 2.05) is 19.4 Å². The Morgan fingerprint density at radius 3 is 2.88 bits per heavy atom. The number of hydrogen-bond acceptors (Lipinski definition) is 4. The van der Waals surface area contributed by atoms with E-state index in [9.17, 15) is 4.79 Å². The van der Waals surface area contributed by atoms with Crippen LogP contribution in [-0.2, 0) is 16.6 Å². The fourth-order valence-corrected chi connectivity index (χ4v) is 3.99. The van der Waals surface area contributed by atoms with Gasteiger partial charge in [0.1, 0.15) is 5.82 Å². The molecule has 0 unspecified atom stereocenters. The van der Waals surface area contributed by atoms with Gasteiger partial charge in [0.25, 0.3) is 0 Å². The highest BCUT2D eigenvalue weighted by molar-refractivity contribution is 5.79. The number of carbonyl (C=O) groups is 1. The summed E-state index contributed by atoms with van der Waals surface area (Å²) in [6, 6.07) is 0.189. The van der Waals surface area contributed by atoms with Gasteiger partial charge in [0, 0.05) is 51.6 Å². The van der Waals surface area contributed by atoms with E-state index in [1.54, 1.807) is 0 Å². The van der Waals surface area contributed by atoms with Crippen LogP contribution in [0.3, 0.4) is 0 Å². The van der Waals surface area contributed by atoms with Crippen LogP contribution in [0.5, 0.6) is 0 Å². The minimum Gasteiger partial charge on any atom is -0.378 e. The third-order valence-corrected chi connectivity index (χ3v) is 5.54. The van der Waals surface area contributed by atoms with Crippen molar-refractivity contribution in [1.82, 2.24) is 19.4 Å². The van der Waals surface area contributed by atoms with Crippen LogP contribution in [0.1, 0.15) is 45.0 Å². The molecule has 24 heavy (non-hydrogen) atoms. The van der Waals surface area contributed by atoms with Crippen LogP contribution in [0, 0.1) is 5.92 Å². The molecule has 134 valence electrons. The van der Waals surface area contributed by atoms with E-state index in [4.69, 9.17) is 4.74 Å². The number of carbonyl (C=O) groups excluding carboxylic acids is 1. The zero-order chi connectivity index (χ0) is 17.1. The van der Waals surface area contributed by atoms with Gasteiger partial charge in [-0.2, -0.15) is 0 Å². The maximum Gasteiger partial charge on any atom is 0.225 e. The van der Waals surface area contributed by atoms with E-state index >= 15 is 0 Å². The predicted molar refractivity (Wildman–Crippen MR) is 92.5 cm³/mol. The van der Waals surface area contributed by atoms with E-state index in [0.717, 1.165) is 51.3 Å². The van der Waals surface area contributed by atoms with Crippen molar-refractivity contribution in [2.75, 3.05) is 32.8 Å². The Morgan fingerprint density at radius 1 is 1.38 bits per heavy atom. The SMILES string of the molecule is CC[C@@H]1C[C@H](C(=O)N2CCN(CC)[C@H](c3nccn3C)C2)CCO1. The molecule has 0 N–H and O–H groups in total. The van der Waals surface area contributed by atoms with Crippen LogP contribution >= 0.6 is 0 Å². The summed E-state index contributed by atoms with van der Waals surface area (Å²) in [4.78, 5) is 22.1. The van der Waals surface area contributed by atoms with Gasteiger partial charge in [-0.15, -0.1) is 0 Å². The topological polar surface area (TPSA) is 50.6 Å². The molecule has 0 saturated carbocycles. The second-order valence-electron chi connectivity index (χ2n) is 6.95. The maximum absolute atomic E-state index is 13.0. The van der Waals surface area contributed by atoms with Crippen molar-refractivity contribution in [1.29, 1.82) is 0 Å². The summed E-state index contributed by atoms with van der Waals surface area (Å²) >= 11 is 0. The lowest BCUT2D eigenvalue weighted by Gasteiger charge is -2.42. The standard InChI is InChI=1S/C18H30N4O2/c1-4-15-12-14(6-11-24-15)18(23)22-10-9-21(5-2)16(13-22)17-19-7-8-20(17)3/h7-8,14-16H,4-6,9-13H2,1-3H3/t14-,15-,16+/m1/s1. The van der Waals surface area contributed by atoms with Crippen LogP contribution in [0.15, 0.2) is 12.4 Å². The maximum atomic E-state index is 13.0. The van der Waals surface area contributed by atoms with Crippen molar-refractivity contribution in [2.45, 2.75) is 45.3 Å². The molecule has 3 rings (SSSR count). The molecule has 2 aliphatic heterocycles. The van der Waals surface area contributed by atoms with Crippen molar-refractivity contribution in [3.63, 3.8) is 0 Å². The molecule has 1 amide bonds. The number of hydrogen-bond donors (Lipinski definition) is 0. The number of piperazine rings is 1. The Kier molecular flexibility index (Phi) is 5.56. The highest BCUT2D eigenvalue weighted by Gasteiger charge is 2.36. The average molecular weight is 334 g/mol. The molecule has 1 aromatic rings. The molecule has 0 spiro atoms. The summed E-state index contributed by atoms with van der Waals surface area (Å²) < 4.78 is 7.81. The predicted octanol–water partition coefficient (Wildman–Crippen LogP) is 1.83. The van der Waals surface area contributed by atoms with E-state index < -0.39 is 0 Å². The van der Waals surface area contributed by atoms with Gasteiger partial charge in [0.2, 0.25) is 5.91 Å². The molecule has 1 aromatic heterocycles. The third kappa shape index (κ3) is 3.49. The molecule has 0 aromatic carbocycles. The summed E-state index contributed by atoms with van der Waals surface area (Å²) in [6.45, 7) is 8.49. The number of rotatable bonds is 4. The first kappa shape index (κ1) is 17.4. The van der Waals surface area contributed by atoms with Gasteiger partial charge in [0.15, 0.2) is 0 Å². The first-order valence-corrected chi connectivity index (χ1v) is 9.25. The van der Waals surface area contributed by atoms with Gasteiger partial charge in [-0.3, -0.25) is 9.69 Å². The molecule has 3 heterocycles. The number of ether oxygens (including phenoxy) is 1. The van der Waals surface area contributed by atoms with Crippen molar-refractivity contribution >= 4 is 5.91 Å². The van der Waals surface area contributed by atoms with Crippen molar-refractivity contribution < 1.29 is 9.53 Å². The summed E-state index contributed by atoms with van der Waals surface area (Å²) in [5.41, 5.74) is 0. The van der Waals surface area contributed by atoms with E-state index in [1.165, 1.54) is 0 Å². The average Bonchev–Trinajstić information content (AvgIpc) is 3.06. The van der Waals surface area contributed by atoms with Crippen molar-refractivity contribution in [2.24, 2.45) is 13.0 Å². The highest BCUT2D eigenvalue weighted by atomic mass is 16.5. The van der Waals surface area contributed by atoms with Gasteiger partial charge in [-0.25, -0.2) is 4.98 Å². The minimum absolute atomic E-state index is 0.124. The summed E-state index contributed by atoms with van der Waals surface area (Å²) in [7, 11) is 2.03. The fourth-order valence-electron chi connectivity index (χ4n) is 3.99. The molecule has 2 aliphatic rings. The normalized spacial score (nSPS) is 29.0. The molecule has 0 radical (unpaired) electrons. The first-order valence-electron chi connectivity index (χ1n) is 9.25. The lowest BCUT2D eigenvalue weighted by atomic mass is 9.92. The molecule has 2 fully saturated rings. The summed E-state index contributed by atoms with van der Waals surface area (Å²) in [6.07, 6.45) is 6.79. The van der Waals surface area contributed by atoms with Gasteiger partial charge < -0.3 is 14.2 Å². The molecule has 0 aliphatic carbocycles. The number of likely N-dealkylation sites (N-methyl/N-ethyl adjacent to an activating group) is 1. The Bertz CT molecular complexity index is 559. The largest absolute Gasteiger partial charge is 0.378 e. The Hall–Kier alpha value is -1.40. The second-order valence-corrected chi connectivity index (χ2v) is 6.95. The van der Waals surface area contributed by atoms with Crippen LogP contribution in [0.4, 0.5) is 0 Å². The zero-order valence-corrected chi connectivity index (χ0v) is 15.1. The fraction of sp³-hybridized carbons (Fsp3) is 0.778. The van der Waals surface area contributed by atoms with Crippen LogP contribution in [0.25, 0.3) is 0 Å². The number of amides is 1. The third-order valence-electron chi connectivity index (χ3n) is 5.54. The smallest absolute Gasteiger partial charge is 0.225 e. The highest BCUT2D eigenvalue weighted by Crippen LogP contribution is 2.28. The number of aryl methyl sites for hydroxylation is 1. The quantitative estimate of drug-likeness (QED) is 0.843. The lowest BCUT2D eigenvalue weighted by molar-refractivity contribution is -0.144. The molecular formula is C18H30N4O2. The molecule has 3 atom stereocenters. The van der Waals surface area contributed by atoms with E-state index in [0.29, 0.717) is 12.5 Å². The van der Waals surface area contributed by atoms with Gasteiger partial charge >= 0.3 is 0 Å². The lowest BCUT2D eigenvalue weighted by Crippen LogP contribution is -2.53. The van der Waals surface area contributed by atoms with E-state index in [-0.39, 0.29) is 18.1 Å². The molecule has 6 heteroatoms. The minimum atomic E-state index is 0.124. The van der Waals surface area contributed by atoms with Crippen molar-refractivity contribution in [3.8, 4) is 0 Å². The number of aromatic nitrogens is 2. The molecular weight excluding hydrogens is 304 g/mol. The molecule has 2 saturated heterocycles. The van der Waals surface area contributed by atoms with Crippen molar-refractivity contribution in [3.05, 3.63) is 18.2 Å². The zero-order valence-electron chi connectivity index (χ0n) is 15.1. The summed E-state index contributed by atoms with van der Waals surface area (Å²) in [5, 5.41) is 0. The van der Waals surface area contributed by atoms with Crippen LogP contribution in [-0.4, -0.2) is 64.1 Å². The number of nitrogens with zero attached hydrogens (tertiary/aromatic N) is 4. The Morgan fingerprint density at radius 2 is 2.21 bits per heavy atom. The molecule has 6 nitrogen and oxygen atoms in total. The summed E-state index contributed by atoms with van der Waals surface area (Å²) in [5.74, 6) is 1.48. The second kappa shape index (κ2) is 7.66. The van der Waals surface area contributed by atoms with Crippen LogP contribution in [0.2, 0.25) is 0 Å².